The molecule has 0 aromatic heterocycles. The van der Waals surface area contributed by atoms with Gasteiger partial charge in [-0.25, -0.2) is 4.79 Å². The summed E-state index contributed by atoms with van der Waals surface area (Å²) >= 11 is 12.0. The van der Waals surface area contributed by atoms with Crippen molar-refractivity contribution in [2.75, 3.05) is 6.54 Å². The molecule has 0 bridgehead atoms. The zero-order chi connectivity index (χ0) is 17.4. The molecule has 1 aromatic rings. The molecule has 6 nitrogen and oxygen atoms in total. The van der Waals surface area contributed by atoms with E-state index in [4.69, 9.17) is 23.2 Å². The van der Waals surface area contributed by atoms with E-state index in [1.54, 1.807) is 32.9 Å². The third kappa shape index (κ3) is 3.43. The van der Waals surface area contributed by atoms with E-state index in [9.17, 15) is 14.4 Å². The highest BCUT2D eigenvalue weighted by atomic mass is 35.5. The highest BCUT2D eigenvalue weighted by Crippen LogP contribution is 2.34. The van der Waals surface area contributed by atoms with Crippen LogP contribution in [0.5, 0.6) is 0 Å². The second kappa shape index (κ2) is 6.37. The number of hydrogen-bond donors (Lipinski definition) is 2. The molecule has 1 heterocycles. The van der Waals surface area contributed by atoms with Gasteiger partial charge in [0.2, 0.25) is 5.91 Å². The third-order valence-corrected chi connectivity index (χ3v) is 4.04. The van der Waals surface area contributed by atoms with Crippen molar-refractivity contribution in [3.8, 4) is 0 Å². The number of benzene rings is 1. The minimum absolute atomic E-state index is 0.0830. The normalized spacial score (nSPS) is 20.9. The zero-order valence-corrected chi connectivity index (χ0v) is 14.5. The Morgan fingerprint density at radius 3 is 2.57 bits per heavy atom. The number of amides is 4. The van der Waals surface area contributed by atoms with Crippen LogP contribution in [0.4, 0.5) is 4.79 Å². The van der Waals surface area contributed by atoms with E-state index < -0.39 is 23.4 Å². The van der Waals surface area contributed by atoms with Crippen molar-refractivity contribution in [2.24, 2.45) is 0 Å². The van der Waals surface area contributed by atoms with E-state index in [1.165, 1.54) is 6.07 Å². The van der Waals surface area contributed by atoms with Crippen molar-refractivity contribution in [3.05, 3.63) is 33.8 Å². The van der Waals surface area contributed by atoms with E-state index in [-0.39, 0.29) is 17.6 Å². The minimum Gasteiger partial charge on any atom is -0.352 e. The Kier molecular flexibility index (Phi) is 4.87. The Morgan fingerprint density at radius 2 is 2.00 bits per heavy atom. The first-order chi connectivity index (χ1) is 10.6. The lowest BCUT2D eigenvalue weighted by Gasteiger charge is -2.23. The lowest BCUT2D eigenvalue weighted by molar-refractivity contribution is -0.135. The molecule has 0 saturated carbocycles. The molecule has 124 valence electrons. The highest BCUT2D eigenvalue weighted by molar-refractivity contribution is 6.35. The van der Waals surface area contributed by atoms with Crippen LogP contribution < -0.4 is 10.6 Å². The maximum absolute atomic E-state index is 12.7. The van der Waals surface area contributed by atoms with Gasteiger partial charge in [-0.2, -0.15) is 0 Å². The highest BCUT2D eigenvalue weighted by Gasteiger charge is 2.50. The number of urea groups is 1. The Morgan fingerprint density at radius 1 is 1.35 bits per heavy atom. The molecule has 1 saturated heterocycles. The van der Waals surface area contributed by atoms with Gasteiger partial charge in [0.25, 0.3) is 5.91 Å². The Hall–Kier alpha value is -1.79. The van der Waals surface area contributed by atoms with Crippen molar-refractivity contribution in [3.63, 3.8) is 0 Å². The molecule has 1 fully saturated rings. The summed E-state index contributed by atoms with van der Waals surface area (Å²) in [7, 11) is 0. The molecule has 1 atom stereocenters. The number of carbonyl (C=O) groups excluding carboxylic acids is 3. The second-order valence-electron chi connectivity index (χ2n) is 5.79. The number of hydrogen-bond acceptors (Lipinski definition) is 3. The smallest absolute Gasteiger partial charge is 0.325 e. The predicted octanol–water partition coefficient (Wildman–Crippen LogP) is 2.29. The molecular weight excluding hydrogens is 341 g/mol. The van der Waals surface area contributed by atoms with Gasteiger partial charge in [-0.3, -0.25) is 14.5 Å². The number of nitrogens with one attached hydrogen (secondary N) is 2. The Bertz CT molecular complexity index is 678. The number of nitrogens with zero attached hydrogens (tertiary/aromatic N) is 1. The van der Waals surface area contributed by atoms with Gasteiger partial charge in [-0.1, -0.05) is 29.3 Å². The Balaban J connectivity index is 2.27. The van der Waals surface area contributed by atoms with Gasteiger partial charge in [0.05, 0.1) is 0 Å². The van der Waals surface area contributed by atoms with Gasteiger partial charge in [0.1, 0.15) is 12.1 Å². The summed E-state index contributed by atoms with van der Waals surface area (Å²) in [5.74, 6) is -0.944. The van der Waals surface area contributed by atoms with Gasteiger partial charge in [-0.15, -0.1) is 0 Å². The molecule has 0 spiro atoms. The molecule has 1 aromatic carbocycles. The van der Waals surface area contributed by atoms with Crippen LogP contribution in [0.1, 0.15) is 26.3 Å². The van der Waals surface area contributed by atoms with Crippen LogP contribution >= 0.6 is 23.2 Å². The van der Waals surface area contributed by atoms with Crippen LogP contribution in [-0.2, 0) is 15.1 Å². The maximum Gasteiger partial charge on any atom is 0.325 e. The monoisotopic (exact) mass is 357 g/mol. The molecule has 0 unspecified atom stereocenters. The fraction of sp³-hybridized carbons (Fsp3) is 0.400. The van der Waals surface area contributed by atoms with Crippen LogP contribution in [-0.4, -0.2) is 35.3 Å². The molecule has 0 radical (unpaired) electrons. The molecule has 2 rings (SSSR count). The van der Waals surface area contributed by atoms with Gasteiger partial charge in [0.15, 0.2) is 0 Å². The largest absolute Gasteiger partial charge is 0.352 e. The van der Waals surface area contributed by atoms with E-state index in [0.717, 1.165) is 4.90 Å². The molecule has 23 heavy (non-hydrogen) atoms. The third-order valence-electron chi connectivity index (χ3n) is 3.50. The van der Waals surface area contributed by atoms with Crippen molar-refractivity contribution in [1.82, 2.24) is 15.5 Å². The number of halogens is 2. The van der Waals surface area contributed by atoms with Crippen molar-refractivity contribution in [2.45, 2.75) is 32.4 Å². The zero-order valence-electron chi connectivity index (χ0n) is 12.9. The van der Waals surface area contributed by atoms with Crippen LogP contribution in [0.15, 0.2) is 18.2 Å². The van der Waals surface area contributed by atoms with E-state index in [2.05, 4.69) is 10.6 Å². The topological polar surface area (TPSA) is 78.5 Å². The molecule has 0 aliphatic carbocycles. The summed E-state index contributed by atoms with van der Waals surface area (Å²) in [6.07, 6.45) is 0. The summed E-state index contributed by atoms with van der Waals surface area (Å²) in [5, 5.41) is 5.92. The molecule has 8 heteroatoms. The molecular formula is C15H17Cl2N3O3. The van der Waals surface area contributed by atoms with Crippen molar-refractivity contribution < 1.29 is 14.4 Å². The van der Waals surface area contributed by atoms with Crippen LogP contribution in [0.3, 0.4) is 0 Å². The first-order valence-electron chi connectivity index (χ1n) is 7.04. The maximum atomic E-state index is 12.7. The predicted molar refractivity (Wildman–Crippen MR) is 87.3 cm³/mol. The lowest BCUT2D eigenvalue weighted by atomic mass is 9.92. The summed E-state index contributed by atoms with van der Waals surface area (Å²) in [6, 6.07) is 3.95. The van der Waals surface area contributed by atoms with Gasteiger partial charge in [0, 0.05) is 21.7 Å². The van der Waals surface area contributed by atoms with Crippen LogP contribution in [0.2, 0.25) is 10.0 Å². The Labute approximate surface area is 144 Å². The summed E-state index contributed by atoms with van der Waals surface area (Å²) < 4.78 is 0. The molecule has 4 amide bonds. The second-order valence-corrected chi connectivity index (χ2v) is 6.64. The van der Waals surface area contributed by atoms with Gasteiger partial charge >= 0.3 is 6.03 Å². The fourth-order valence-corrected chi connectivity index (χ4v) is 3.03. The van der Waals surface area contributed by atoms with Crippen molar-refractivity contribution in [1.29, 1.82) is 0 Å². The standard InChI is InChI=1S/C15H17Cl2N3O3/c1-8(2)18-12(21)7-20-13(22)15(3,19-14(20)23)10-5-4-9(16)6-11(10)17/h4-6,8H,7H2,1-3H3,(H,18,21)(H,19,23)/t15-/m0/s1. The average molecular weight is 358 g/mol. The number of rotatable bonds is 4. The lowest BCUT2D eigenvalue weighted by Crippen LogP contribution is -2.44. The van der Waals surface area contributed by atoms with E-state index in [1.807, 2.05) is 0 Å². The fourth-order valence-electron chi connectivity index (χ4n) is 2.43. The number of imide groups is 1. The summed E-state index contributed by atoms with van der Waals surface area (Å²) in [4.78, 5) is 37.5. The average Bonchev–Trinajstić information content (AvgIpc) is 2.62. The number of carbonyl (C=O) groups is 3. The first kappa shape index (κ1) is 17.6. The summed E-state index contributed by atoms with van der Waals surface area (Å²) in [6.45, 7) is 4.79. The van der Waals surface area contributed by atoms with Gasteiger partial charge < -0.3 is 10.6 Å². The quantitative estimate of drug-likeness (QED) is 0.811. The van der Waals surface area contributed by atoms with Crippen LogP contribution in [0.25, 0.3) is 0 Å². The summed E-state index contributed by atoms with van der Waals surface area (Å²) in [5.41, 5.74) is -0.912. The van der Waals surface area contributed by atoms with E-state index >= 15 is 0 Å². The SMILES string of the molecule is CC(C)NC(=O)CN1C(=O)N[C@@](C)(c2ccc(Cl)cc2Cl)C1=O. The van der Waals surface area contributed by atoms with Gasteiger partial charge in [-0.05, 0) is 32.9 Å². The van der Waals surface area contributed by atoms with Crippen LogP contribution in [0, 0.1) is 0 Å². The van der Waals surface area contributed by atoms with E-state index in [0.29, 0.717) is 10.6 Å². The molecule has 1 aliphatic rings. The van der Waals surface area contributed by atoms with Crippen molar-refractivity contribution >= 4 is 41.0 Å². The minimum atomic E-state index is -1.34. The first-order valence-corrected chi connectivity index (χ1v) is 7.79. The molecule has 1 aliphatic heterocycles. The molecule has 2 N–H and O–H groups in total.